The summed E-state index contributed by atoms with van der Waals surface area (Å²) in [5.41, 5.74) is 0.692. The minimum Gasteiger partial charge on any atom is -0.486 e. The van der Waals surface area contributed by atoms with Crippen molar-refractivity contribution in [2.24, 2.45) is 0 Å². The fourth-order valence-corrected chi connectivity index (χ4v) is 2.35. The van der Waals surface area contributed by atoms with Crippen LogP contribution < -0.4 is 14.8 Å². The summed E-state index contributed by atoms with van der Waals surface area (Å²) in [6.07, 6.45) is 1.63. The highest BCUT2D eigenvalue weighted by Crippen LogP contribution is 2.32. The molecule has 2 heterocycles. The van der Waals surface area contributed by atoms with E-state index in [0.29, 0.717) is 36.9 Å². The minimum atomic E-state index is -0.298. The molecule has 0 aliphatic carbocycles. The number of anilines is 1. The van der Waals surface area contributed by atoms with Gasteiger partial charge in [-0.15, -0.1) is 0 Å². The molecule has 6 heteroatoms. The summed E-state index contributed by atoms with van der Waals surface area (Å²) in [5, 5.41) is 2.91. The van der Waals surface area contributed by atoms with Crippen molar-refractivity contribution >= 4 is 11.6 Å². The Morgan fingerprint density at radius 1 is 1.26 bits per heavy atom. The van der Waals surface area contributed by atoms with Crippen LogP contribution in [-0.4, -0.2) is 37.1 Å². The molecule has 1 atom stereocenters. The summed E-state index contributed by atoms with van der Waals surface area (Å²) in [6.45, 7) is 3.50. The number of amides is 1. The molecule has 0 radical (unpaired) electrons. The van der Waals surface area contributed by atoms with Gasteiger partial charge in [0.15, 0.2) is 11.5 Å². The van der Waals surface area contributed by atoms with E-state index in [1.165, 1.54) is 0 Å². The lowest BCUT2D eigenvalue weighted by molar-refractivity contribution is -0.120. The molecule has 23 heavy (non-hydrogen) atoms. The standard InChI is InChI=1S/C17H20N2O4/c1-12(19(2)11-14-4-3-7-21-14)17(20)18-13-5-6-15-16(10-13)23-9-8-22-15/h3-7,10,12H,8-9,11H2,1-2H3,(H,18,20). The Balaban J connectivity index is 1.61. The van der Waals surface area contributed by atoms with Gasteiger partial charge in [0, 0.05) is 11.8 Å². The van der Waals surface area contributed by atoms with Crippen LogP contribution in [0.3, 0.4) is 0 Å². The summed E-state index contributed by atoms with van der Waals surface area (Å²) < 4.78 is 16.3. The second-order valence-corrected chi connectivity index (χ2v) is 5.52. The average molecular weight is 316 g/mol. The Labute approximate surface area is 135 Å². The van der Waals surface area contributed by atoms with Gasteiger partial charge in [0.1, 0.15) is 19.0 Å². The molecule has 1 aliphatic heterocycles. The van der Waals surface area contributed by atoms with Crippen molar-refractivity contribution in [2.75, 3.05) is 25.6 Å². The van der Waals surface area contributed by atoms with Gasteiger partial charge in [0.2, 0.25) is 5.91 Å². The Hall–Kier alpha value is -2.47. The summed E-state index contributed by atoms with van der Waals surface area (Å²) in [7, 11) is 1.89. The molecule has 1 amide bonds. The number of nitrogens with zero attached hydrogens (tertiary/aromatic N) is 1. The fourth-order valence-electron chi connectivity index (χ4n) is 2.35. The first kappa shape index (κ1) is 15.4. The number of fused-ring (bicyclic) bond motifs is 1. The lowest BCUT2D eigenvalue weighted by Gasteiger charge is -2.23. The van der Waals surface area contributed by atoms with Gasteiger partial charge in [-0.25, -0.2) is 0 Å². The molecule has 0 fully saturated rings. The number of carbonyl (C=O) groups is 1. The van der Waals surface area contributed by atoms with Gasteiger partial charge in [-0.2, -0.15) is 0 Å². The summed E-state index contributed by atoms with van der Waals surface area (Å²) >= 11 is 0. The first-order valence-corrected chi connectivity index (χ1v) is 7.56. The third-order valence-electron chi connectivity index (χ3n) is 3.84. The van der Waals surface area contributed by atoms with Crippen LogP contribution in [0.25, 0.3) is 0 Å². The van der Waals surface area contributed by atoms with Gasteiger partial charge < -0.3 is 19.2 Å². The number of hydrogen-bond acceptors (Lipinski definition) is 5. The normalized spacial score (nSPS) is 14.6. The van der Waals surface area contributed by atoms with Crippen LogP contribution in [-0.2, 0) is 11.3 Å². The third-order valence-corrected chi connectivity index (χ3v) is 3.84. The Bertz CT molecular complexity index is 669. The molecular formula is C17H20N2O4. The Morgan fingerprint density at radius 2 is 2.04 bits per heavy atom. The monoisotopic (exact) mass is 316 g/mol. The molecule has 0 bridgehead atoms. The largest absolute Gasteiger partial charge is 0.486 e. The van der Waals surface area contributed by atoms with Crippen LogP contribution in [0.4, 0.5) is 5.69 Å². The fraction of sp³-hybridized carbons (Fsp3) is 0.353. The van der Waals surface area contributed by atoms with Crippen molar-refractivity contribution in [3.05, 3.63) is 42.4 Å². The van der Waals surface area contributed by atoms with Gasteiger partial charge in [-0.05, 0) is 38.2 Å². The van der Waals surface area contributed by atoms with E-state index in [0.717, 1.165) is 5.76 Å². The number of benzene rings is 1. The number of ether oxygens (including phenoxy) is 2. The van der Waals surface area contributed by atoms with Crippen LogP contribution in [0.2, 0.25) is 0 Å². The molecule has 1 unspecified atom stereocenters. The minimum absolute atomic E-state index is 0.0873. The maximum atomic E-state index is 12.4. The second kappa shape index (κ2) is 6.75. The van der Waals surface area contributed by atoms with Crippen LogP contribution in [0.15, 0.2) is 41.0 Å². The smallest absolute Gasteiger partial charge is 0.241 e. The summed E-state index contributed by atoms with van der Waals surface area (Å²) in [6, 6.07) is 8.83. The van der Waals surface area contributed by atoms with Crippen molar-refractivity contribution in [1.82, 2.24) is 4.90 Å². The highest BCUT2D eigenvalue weighted by molar-refractivity contribution is 5.94. The molecule has 0 saturated carbocycles. The van der Waals surface area contributed by atoms with Crippen LogP contribution in [0, 0.1) is 0 Å². The van der Waals surface area contributed by atoms with E-state index in [4.69, 9.17) is 13.9 Å². The average Bonchev–Trinajstić information content (AvgIpc) is 3.07. The predicted molar refractivity (Wildman–Crippen MR) is 85.7 cm³/mol. The van der Waals surface area contributed by atoms with E-state index in [1.54, 1.807) is 18.4 Å². The molecule has 1 N–H and O–H groups in total. The number of furan rings is 1. The molecule has 1 aromatic heterocycles. The summed E-state index contributed by atoms with van der Waals surface area (Å²) in [5.74, 6) is 2.10. The van der Waals surface area contributed by atoms with Crippen molar-refractivity contribution in [3.8, 4) is 11.5 Å². The Morgan fingerprint density at radius 3 is 2.78 bits per heavy atom. The van der Waals surface area contributed by atoms with E-state index in [2.05, 4.69) is 5.32 Å². The zero-order chi connectivity index (χ0) is 16.2. The molecule has 3 rings (SSSR count). The second-order valence-electron chi connectivity index (χ2n) is 5.52. The number of hydrogen-bond donors (Lipinski definition) is 1. The van der Waals surface area contributed by atoms with Crippen LogP contribution in [0.1, 0.15) is 12.7 Å². The van der Waals surface area contributed by atoms with Crippen LogP contribution in [0.5, 0.6) is 11.5 Å². The molecule has 0 saturated heterocycles. The summed E-state index contributed by atoms with van der Waals surface area (Å²) in [4.78, 5) is 14.3. The number of likely N-dealkylation sites (N-methyl/N-ethyl adjacent to an activating group) is 1. The van der Waals surface area contributed by atoms with Crippen molar-refractivity contribution < 1.29 is 18.7 Å². The van der Waals surface area contributed by atoms with Gasteiger partial charge in [0.05, 0.1) is 18.8 Å². The van der Waals surface area contributed by atoms with E-state index in [1.807, 2.05) is 37.1 Å². The molecular weight excluding hydrogens is 296 g/mol. The van der Waals surface area contributed by atoms with Gasteiger partial charge in [-0.1, -0.05) is 0 Å². The molecule has 1 aliphatic rings. The Kier molecular flexibility index (Phi) is 4.52. The third kappa shape index (κ3) is 3.65. The zero-order valence-electron chi connectivity index (χ0n) is 13.2. The number of rotatable bonds is 5. The van der Waals surface area contributed by atoms with Crippen molar-refractivity contribution in [3.63, 3.8) is 0 Å². The van der Waals surface area contributed by atoms with Gasteiger partial charge in [0.25, 0.3) is 0 Å². The van der Waals surface area contributed by atoms with E-state index >= 15 is 0 Å². The number of nitrogens with one attached hydrogen (secondary N) is 1. The zero-order valence-corrected chi connectivity index (χ0v) is 13.2. The quantitative estimate of drug-likeness (QED) is 0.918. The van der Waals surface area contributed by atoms with Gasteiger partial charge >= 0.3 is 0 Å². The van der Waals surface area contributed by atoms with Crippen molar-refractivity contribution in [1.29, 1.82) is 0 Å². The van der Waals surface area contributed by atoms with E-state index in [-0.39, 0.29) is 11.9 Å². The topological polar surface area (TPSA) is 63.9 Å². The first-order valence-electron chi connectivity index (χ1n) is 7.56. The van der Waals surface area contributed by atoms with E-state index < -0.39 is 0 Å². The molecule has 122 valence electrons. The van der Waals surface area contributed by atoms with Gasteiger partial charge in [-0.3, -0.25) is 9.69 Å². The highest BCUT2D eigenvalue weighted by atomic mass is 16.6. The maximum absolute atomic E-state index is 12.4. The number of carbonyl (C=O) groups excluding carboxylic acids is 1. The molecule has 0 spiro atoms. The van der Waals surface area contributed by atoms with Crippen LogP contribution >= 0.6 is 0 Å². The van der Waals surface area contributed by atoms with Crippen molar-refractivity contribution in [2.45, 2.75) is 19.5 Å². The molecule has 1 aromatic carbocycles. The maximum Gasteiger partial charge on any atom is 0.241 e. The molecule has 6 nitrogen and oxygen atoms in total. The van der Waals surface area contributed by atoms with E-state index in [9.17, 15) is 4.79 Å². The molecule has 2 aromatic rings. The SMILES string of the molecule is CC(C(=O)Nc1ccc2c(c1)OCCO2)N(C)Cc1ccco1. The lowest BCUT2D eigenvalue weighted by atomic mass is 10.2. The highest BCUT2D eigenvalue weighted by Gasteiger charge is 2.20. The predicted octanol–water partition coefficient (Wildman–Crippen LogP) is 2.51. The first-order chi connectivity index (χ1) is 11.1. The lowest BCUT2D eigenvalue weighted by Crippen LogP contribution is -2.39.